The van der Waals surface area contributed by atoms with E-state index in [1.807, 2.05) is 42.6 Å². The highest BCUT2D eigenvalue weighted by atomic mass is 16.2. The van der Waals surface area contributed by atoms with Gasteiger partial charge in [0.1, 0.15) is 0 Å². The number of hydrogen-bond acceptors (Lipinski definition) is 4. The zero-order chi connectivity index (χ0) is 18.2. The molecule has 1 atom stereocenters. The maximum absolute atomic E-state index is 13.3. The molecule has 1 fully saturated rings. The average molecular weight is 358 g/mol. The molecule has 2 aromatic rings. The summed E-state index contributed by atoms with van der Waals surface area (Å²) in [6.45, 7) is 0.864. The van der Waals surface area contributed by atoms with Gasteiger partial charge in [0.25, 0.3) is 5.91 Å². The zero-order valence-corrected chi connectivity index (χ0v) is 15.2. The Morgan fingerprint density at radius 2 is 1.89 bits per heavy atom. The van der Waals surface area contributed by atoms with Gasteiger partial charge in [-0.15, -0.1) is 0 Å². The molecule has 2 heterocycles. The second kappa shape index (κ2) is 6.72. The lowest BCUT2D eigenvalue weighted by Gasteiger charge is -2.35. The third kappa shape index (κ3) is 3.18. The van der Waals surface area contributed by atoms with Crippen LogP contribution in [0.1, 0.15) is 42.5 Å². The van der Waals surface area contributed by atoms with Gasteiger partial charge in [0.05, 0.1) is 12.2 Å². The van der Waals surface area contributed by atoms with Crippen LogP contribution in [0.3, 0.4) is 0 Å². The Bertz CT molecular complexity index is 913. The van der Waals surface area contributed by atoms with Crippen LogP contribution < -0.4 is 0 Å². The summed E-state index contributed by atoms with van der Waals surface area (Å²) in [7, 11) is 0. The van der Waals surface area contributed by atoms with Crippen molar-refractivity contribution < 1.29 is 4.79 Å². The van der Waals surface area contributed by atoms with Crippen LogP contribution in [0.25, 0.3) is 11.3 Å². The van der Waals surface area contributed by atoms with Gasteiger partial charge in [0.15, 0.2) is 0 Å². The van der Waals surface area contributed by atoms with Crippen molar-refractivity contribution in [1.82, 2.24) is 15.1 Å². The summed E-state index contributed by atoms with van der Waals surface area (Å²) in [5.74, 6) is 0.159. The summed E-state index contributed by atoms with van der Waals surface area (Å²) >= 11 is 0. The van der Waals surface area contributed by atoms with Crippen molar-refractivity contribution in [1.29, 1.82) is 0 Å². The maximum Gasteiger partial charge on any atom is 0.254 e. The molecule has 1 aromatic carbocycles. The molecule has 1 aliphatic heterocycles. The van der Waals surface area contributed by atoms with Gasteiger partial charge >= 0.3 is 0 Å². The van der Waals surface area contributed by atoms with Crippen molar-refractivity contribution in [2.45, 2.75) is 44.2 Å². The topological polar surface area (TPSA) is 58.5 Å². The first kappa shape index (κ1) is 16.4. The van der Waals surface area contributed by atoms with Crippen LogP contribution in [-0.2, 0) is 0 Å². The van der Waals surface area contributed by atoms with Crippen molar-refractivity contribution in [3.63, 3.8) is 0 Å². The van der Waals surface area contributed by atoms with E-state index in [0.717, 1.165) is 55.5 Å². The molecular weight excluding hydrogens is 336 g/mol. The first-order valence-corrected chi connectivity index (χ1v) is 9.71. The van der Waals surface area contributed by atoms with Gasteiger partial charge in [-0.2, -0.15) is 10.2 Å². The monoisotopic (exact) mass is 358 g/mol. The molecule has 1 saturated carbocycles. The first-order valence-electron chi connectivity index (χ1n) is 9.71. The van der Waals surface area contributed by atoms with Crippen LogP contribution in [0.5, 0.6) is 0 Å². The van der Waals surface area contributed by atoms with E-state index in [9.17, 15) is 4.79 Å². The Hall–Kier alpha value is -2.82. The molecule has 0 saturated heterocycles. The van der Waals surface area contributed by atoms with Gasteiger partial charge in [-0.25, -0.2) is 0 Å². The van der Waals surface area contributed by atoms with Crippen molar-refractivity contribution in [2.75, 3.05) is 6.54 Å². The Morgan fingerprint density at radius 1 is 1.04 bits per heavy atom. The van der Waals surface area contributed by atoms with Crippen molar-refractivity contribution in [2.24, 2.45) is 4.99 Å². The van der Waals surface area contributed by atoms with Crippen molar-refractivity contribution >= 4 is 12.1 Å². The third-order valence-corrected chi connectivity index (χ3v) is 5.79. The lowest BCUT2D eigenvalue weighted by Crippen LogP contribution is -2.43. The molecule has 1 unspecified atom stereocenters. The fourth-order valence-electron chi connectivity index (χ4n) is 4.20. The molecule has 0 bridgehead atoms. The molecule has 1 aromatic heterocycles. The Balaban J connectivity index is 1.37. The smallest absolute Gasteiger partial charge is 0.254 e. The van der Waals surface area contributed by atoms with Crippen molar-refractivity contribution in [3.05, 3.63) is 59.3 Å². The van der Waals surface area contributed by atoms with E-state index in [2.05, 4.69) is 20.1 Å². The van der Waals surface area contributed by atoms with Gasteiger partial charge < -0.3 is 4.90 Å². The molecule has 0 spiro atoms. The number of nitrogens with zero attached hydrogens (tertiary/aromatic N) is 4. The summed E-state index contributed by atoms with van der Waals surface area (Å²) in [5.41, 5.74) is 5.40. The normalized spacial score (nSPS) is 21.3. The van der Waals surface area contributed by atoms with E-state index in [-0.39, 0.29) is 5.91 Å². The van der Waals surface area contributed by atoms with Crippen LogP contribution in [0.15, 0.2) is 58.7 Å². The van der Waals surface area contributed by atoms with Gasteiger partial charge in [-0.05, 0) is 67.5 Å². The van der Waals surface area contributed by atoms with Crippen molar-refractivity contribution in [3.8, 4) is 11.3 Å². The zero-order valence-electron chi connectivity index (χ0n) is 15.2. The number of rotatable bonds is 4. The molecule has 5 rings (SSSR count). The molecule has 0 radical (unpaired) electrons. The van der Waals surface area contributed by atoms with Crippen LogP contribution >= 0.6 is 0 Å². The second-order valence-corrected chi connectivity index (χ2v) is 7.63. The van der Waals surface area contributed by atoms with Crippen LogP contribution in [0.4, 0.5) is 0 Å². The fourth-order valence-corrected chi connectivity index (χ4v) is 4.20. The SMILES string of the molecule is O=C(c1ccc(-c2cccnn2)cc1)N(C1CC1)C1CCC2=C(C=NC2)C1. The molecule has 136 valence electrons. The summed E-state index contributed by atoms with van der Waals surface area (Å²) in [6, 6.07) is 12.3. The third-order valence-electron chi connectivity index (χ3n) is 5.79. The number of carbonyl (C=O) groups excluding carboxylic acids is 1. The van der Waals surface area contributed by atoms with Crippen LogP contribution in [0, 0.1) is 0 Å². The highest BCUT2D eigenvalue weighted by Gasteiger charge is 2.39. The van der Waals surface area contributed by atoms with E-state index < -0.39 is 0 Å². The molecule has 0 N–H and O–H groups in total. The lowest BCUT2D eigenvalue weighted by atomic mass is 9.88. The van der Waals surface area contributed by atoms with E-state index in [1.165, 1.54) is 11.1 Å². The molecule has 5 heteroatoms. The Labute approximate surface area is 158 Å². The molecule has 2 aliphatic carbocycles. The minimum atomic E-state index is 0.159. The number of amides is 1. The fraction of sp³-hybridized carbons (Fsp3) is 0.364. The molecular formula is C22H22N4O. The van der Waals surface area contributed by atoms with Crippen LogP contribution in [-0.4, -0.2) is 45.8 Å². The predicted octanol–water partition coefficient (Wildman–Crippen LogP) is 3.68. The minimum absolute atomic E-state index is 0.159. The molecule has 1 amide bonds. The van der Waals surface area contributed by atoms with Crippen LogP contribution in [0.2, 0.25) is 0 Å². The summed E-state index contributed by atoms with van der Waals surface area (Å²) in [4.78, 5) is 19.9. The molecule has 3 aliphatic rings. The Kier molecular flexibility index (Phi) is 4.07. The van der Waals surface area contributed by atoms with E-state index in [1.54, 1.807) is 6.20 Å². The first-order chi connectivity index (χ1) is 13.3. The number of hydrogen-bond donors (Lipinski definition) is 0. The van der Waals surface area contributed by atoms with Gasteiger partial charge in [-0.3, -0.25) is 9.79 Å². The average Bonchev–Trinajstić information content (AvgIpc) is 3.44. The van der Waals surface area contributed by atoms with E-state index in [4.69, 9.17) is 0 Å². The minimum Gasteiger partial charge on any atom is -0.332 e. The molecule has 27 heavy (non-hydrogen) atoms. The summed E-state index contributed by atoms with van der Waals surface area (Å²) < 4.78 is 0. The number of benzene rings is 1. The summed E-state index contributed by atoms with van der Waals surface area (Å²) in [5, 5.41) is 8.06. The quantitative estimate of drug-likeness (QED) is 0.838. The number of carbonyl (C=O) groups is 1. The maximum atomic E-state index is 13.3. The Morgan fingerprint density at radius 3 is 2.63 bits per heavy atom. The summed E-state index contributed by atoms with van der Waals surface area (Å²) in [6.07, 6.45) is 9.02. The number of aromatic nitrogens is 2. The largest absolute Gasteiger partial charge is 0.332 e. The highest BCUT2D eigenvalue weighted by molar-refractivity contribution is 5.95. The van der Waals surface area contributed by atoms with Gasteiger partial charge in [0, 0.05) is 35.6 Å². The molecule has 5 nitrogen and oxygen atoms in total. The standard InChI is InChI=1S/C22H22N4O/c27-22(16-5-3-15(4-6-16)21-2-1-11-24-25-21)26(19-9-10-19)20-8-7-17-13-23-14-18(17)12-20/h1-6,11,14,19-20H,7-10,12-13H2. The van der Waals surface area contributed by atoms with Gasteiger partial charge in [0.2, 0.25) is 0 Å². The lowest BCUT2D eigenvalue weighted by molar-refractivity contribution is 0.0645. The van der Waals surface area contributed by atoms with Gasteiger partial charge in [-0.1, -0.05) is 12.1 Å². The van der Waals surface area contributed by atoms with E-state index >= 15 is 0 Å². The predicted molar refractivity (Wildman–Crippen MR) is 105 cm³/mol. The second-order valence-electron chi connectivity index (χ2n) is 7.63. The highest BCUT2D eigenvalue weighted by Crippen LogP contribution is 2.37. The van der Waals surface area contributed by atoms with E-state index in [0.29, 0.717) is 12.1 Å². The number of aliphatic imine (C=N–C) groups is 1.